The fourth-order valence-electron chi connectivity index (χ4n) is 0.752. The van der Waals surface area contributed by atoms with Crippen molar-refractivity contribution in [1.82, 2.24) is 0 Å². The monoisotopic (exact) mass is 244 g/mol. The molecule has 4 heteroatoms. The number of ether oxygens (including phenoxy) is 1. The Hall–Kier alpha value is 1.07. The quantitative estimate of drug-likeness (QED) is 0.456. The van der Waals surface area contributed by atoms with Crippen LogP contribution in [-0.4, -0.2) is 75.2 Å². The van der Waals surface area contributed by atoms with Crippen LogP contribution < -0.4 is 0 Å². The van der Waals surface area contributed by atoms with Crippen LogP contribution in [0.4, 0.5) is 0 Å². The predicted octanol–water partition coefficient (Wildman–Crippen LogP) is 1.87. The minimum atomic E-state index is -0.167. The van der Waals surface area contributed by atoms with Crippen LogP contribution in [0.15, 0.2) is 0 Å². The van der Waals surface area contributed by atoms with Gasteiger partial charge in [-0.05, 0) is 27.2 Å². The summed E-state index contributed by atoms with van der Waals surface area (Å²) in [5, 5.41) is 8.06. The van der Waals surface area contributed by atoms with Crippen LogP contribution in [0, 0.1) is 0 Å². The fraction of sp³-hybridized carbons (Fsp3) is 0.909. The molecular weight excluding hydrogens is 219 g/mol. The van der Waals surface area contributed by atoms with Crippen LogP contribution >= 0.6 is 0 Å². The summed E-state index contributed by atoms with van der Waals surface area (Å²) >= 11 is 0. The van der Waals surface area contributed by atoms with Gasteiger partial charge in [-0.1, -0.05) is 19.8 Å². The van der Waals surface area contributed by atoms with Crippen molar-refractivity contribution in [2.75, 3.05) is 6.61 Å². The van der Waals surface area contributed by atoms with E-state index in [1.54, 1.807) is 13.8 Å². The summed E-state index contributed by atoms with van der Waals surface area (Å²) in [6.45, 7) is 7.90. The molecule has 0 amide bonds. The van der Waals surface area contributed by atoms with Crippen molar-refractivity contribution in [3.05, 3.63) is 0 Å². The molecule has 0 saturated heterocycles. The van der Waals surface area contributed by atoms with Gasteiger partial charge in [-0.2, -0.15) is 0 Å². The van der Waals surface area contributed by atoms with E-state index in [-0.39, 0.29) is 63.5 Å². The summed E-state index contributed by atoms with van der Waals surface area (Å²) in [7, 11) is 0. The van der Waals surface area contributed by atoms with E-state index in [0.29, 0.717) is 13.0 Å². The van der Waals surface area contributed by atoms with Crippen LogP contribution in [0.1, 0.15) is 53.4 Å². The van der Waals surface area contributed by atoms with Crippen LogP contribution in [0.5, 0.6) is 0 Å². The van der Waals surface area contributed by atoms with Gasteiger partial charge in [-0.3, -0.25) is 4.79 Å². The van der Waals surface area contributed by atoms with E-state index in [2.05, 4.69) is 6.92 Å². The molecule has 0 bridgehead atoms. The number of carbonyl (C=O) groups excluding carboxylic acids is 1. The molecule has 1 N–H and O–H groups in total. The molecule has 0 saturated carbocycles. The number of aliphatic hydroxyl groups is 1. The van der Waals surface area contributed by atoms with Gasteiger partial charge >= 0.3 is 57.4 Å². The van der Waals surface area contributed by atoms with Gasteiger partial charge in [0.25, 0.3) is 0 Å². The van der Waals surface area contributed by atoms with Crippen molar-refractivity contribution in [2.45, 2.75) is 59.5 Å². The van der Waals surface area contributed by atoms with Gasteiger partial charge in [0, 0.05) is 12.5 Å². The molecule has 0 aromatic rings. The Morgan fingerprint density at radius 2 is 1.73 bits per heavy atom. The number of aliphatic hydroxyl groups excluding tert-OH is 1. The standard InChI is InChI=1S/C8H16O2.C3H8O.K.H/c1-3-5-6-7-8(9)10-4-2;1-3(2)4;;/h3-7H2,1-2H3;3-4H,1-2H3;;. The third-order valence-corrected chi connectivity index (χ3v) is 1.29. The maximum absolute atomic E-state index is 10.7. The third-order valence-electron chi connectivity index (χ3n) is 1.29. The Labute approximate surface area is 136 Å². The van der Waals surface area contributed by atoms with Gasteiger partial charge in [-0.15, -0.1) is 0 Å². The Morgan fingerprint density at radius 3 is 2.07 bits per heavy atom. The number of hydrogen-bond donors (Lipinski definition) is 1. The van der Waals surface area contributed by atoms with Crippen LogP contribution in [0.3, 0.4) is 0 Å². The zero-order valence-electron chi connectivity index (χ0n) is 9.88. The van der Waals surface area contributed by atoms with Gasteiger partial charge in [0.2, 0.25) is 0 Å². The van der Waals surface area contributed by atoms with Crippen molar-refractivity contribution >= 4 is 57.4 Å². The van der Waals surface area contributed by atoms with E-state index < -0.39 is 0 Å². The first-order valence-electron chi connectivity index (χ1n) is 5.38. The first-order valence-corrected chi connectivity index (χ1v) is 5.38. The molecule has 0 aromatic heterocycles. The summed E-state index contributed by atoms with van der Waals surface area (Å²) in [5.74, 6) is -0.0593. The average molecular weight is 244 g/mol. The molecule has 0 aliphatic carbocycles. The Balaban J connectivity index is -0.000000249. The number of rotatable bonds is 5. The van der Waals surface area contributed by atoms with Crippen LogP contribution in [-0.2, 0) is 9.53 Å². The van der Waals surface area contributed by atoms with Crippen molar-refractivity contribution in [3.8, 4) is 0 Å². The third kappa shape index (κ3) is 31.3. The molecule has 0 spiro atoms. The SMILES string of the molecule is CC(C)O.CCCCCC(=O)OCC.[KH]. The predicted molar refractivity (Wildman–Crippen MR) is 65.3 cm³/mol. The minimum absolute atomic E-state index is 0. The van der Waals surface area contributed by atoms with Crippen molar-refractivity contribution in [3.63, 3.8) is 0 Å². The Bertz CT molecular complexity index is 124. The summed E-state index contributed by atoms with van der Waals surface area (Å²) in [6, 6.07) is 0. The zero-order valence-corrected chi connectivity index (χ0v) is 9.88. The normalized spacial score (nSPS) is 8.67. The molecule has 0 unspecified atom stereocenters. The molecule has 15 heavy (non-hydrogen) atoms. The summed E-state index contributed by atoms with van der Waals surface area (Å²) in [6.07, 6.45) is 3.66. The fourth-order valence-corrected chi connectivity index (χ4v) is 0.752. The first kappa shape index (κ1) is 21.4. The van der Waals surface area contributed by atoms with E-state index >= 15 is 0 Å². The van der Waals surface area contributed by atoms with Crippen molar-refractivity contribution in [2.24, 2.45) is 0 Å². The molecule has 0 aromatic carbocycles. The molecule has 0 heterocycles. The van der Waals surface area contributed by atoms with Crippen molar-refractivity contribution in [1.29, 1.82) is 0 Å². The second kappa shape index (κ2) is 17.5. The molecule has 0 aliphatic rings. The van der Waals surface area contributed by atoms with Gasteiger partial charge < -0.3 is 9.84 Å². The molecule has 0 aliphatic heterocycles. The molecule has 0 rings (SSSR count). The summed E-state index contributed by atoms with van der Waals surface area (Å²) in [5.41, 5.74) is 0. The second-order valence-electron chi connectivity index (χ2n) is 3.36. The van der Waals surface area contributed by atoms with E-state index in [0.717, 1.165) is 19.3 Å². The molecule has 88 valence electrons. The average Bonchev–Trinajstić information content (AvgIpc) is 2.04. The van der Waals surface area contributed by atoms with E-state index in [1.165, 1.54) is 0 Å². The van der Waals surface area contributed by atoms with Gasteiger partial charge in [0.05, 0.1) is 6.61 Å². The number of hydrogen-bond acceptors (Lipinski definition) is 3. The summed E-state index contributed by atoms with van der Waals surface area (Å²) in [4.78, 5) is 10.7. The van der Waals surface area contributed by atoms with E-state index in [4.69, 9.17) is 9.84 Å². The molecule has 0 fully saturated rings. The zero-order chi connectivity index (χ0) is 11.4. The van der Waals surface area contributed by atoms with Gasteiger partial charge in [0.15, 0.2) is 0 Å². The molecular formula is C11H25KO3. The molecule has 0 radical (unpaired) electrons. The second-order valence-corrected chi connectivity index (χ2v) is 3.36. The number of carbonyl (C=O) groups is 1. The van der Waals surface area contributed by atoms with Crippen LogP contribution in [0.25, 0.3) is 0 Å². The number of unbranched alkanes of at least 4 members (excludes halogenated alkanes) is 2. The maximum atomic E-state index is 10.7. The first-order chi connectivity index (χ1) is 6.54. The van der Waals surface area contributed by atoms with Crippen molar-refractivity contribution < 1.29 is 14.6 Å². The summed E-state index contributed by atoms with van der Waals surface area (Å²) < 4.78 is 4.75. The molecule has 3 nitrogen and oxygen atoms in total. The van der Waals surface area contributed by atoms with Crippen LogP contribution in [0.2, 0.25) is 0 Å². The van der Waals surface area contributed by atoms with Gasteiger partial charge in [-0.25, -0.2) is 0 Å². The van der Waals surface area contributed by atoms with E-state index in [9.17, 15) is 4.79 Å². The Morgan fingerprint density at radius 1 is 1.27 bits per heavy atom. The van der Waals surface area contributed by atoms with Gasteiger partial charge in [0.1, 0.15) is 0 Å². The Kier molecular flexibility index (Phi) is 24.9. The number of esters is 1. The molecule has 0 atom stereocenters. The topological polar surface area (TPSA) is 46.5 Å². The van der Waals surface area contributed by atoms with E-state index in [1.807, 2.05) is 6.92 Å².